The monoisotopic (exact) mass is 415 g/mol. The minimum absolute atomic E-state index is 0.144. The molecule has 0 fully saturated rings. The van der Waals surface area contributed by atoms with Gasteiger partial charge in [0.15, 0.2) is 0 Å². The Bertz CT molecular complexity index is 604. The number of nitrogens with two attached hydrogens (primary N) is 1. The van der Waals surface area contributed by atoms with E-state index in [-0.39, 0.29) is 18.0 Å². The summed E-state index contributed by atoms with van der Waals surface area (Å²) in [6, 6.07) is 12.3. The van der Waals surface area contributed by atoms with Gasteiger partial charge in [-0.3, -0.25) is 0 Å². The maximum atomic E-state index is 13.3. The highest BCUT2D eigenvalue weighted by Crippen LogP contribution is 2.29. The Morgan fingerprint density at radius 1 is 1.14 bits per heavy atom. The van der Waals surface area contributed by atoms with Gasteiger partial charge in [0.25, 0.3) is 0 Å². The fraction of sp³-hybridized carbons (Fsp3) is 0.250. The zero-order valence-electron chi connectivity index (χ0n) is 11.5. The standard InChI is InChI=1S/C16H16Br2FNO/c1-2-15(20)16(10-3-5-11(17)6-4-10)21-12-7-8-14(19)13(18)9-12/h3-9,15-16H,2,20H2,1H3. The lowest BCUT2D eigenvalue weighted by Crippen LogP contribution is -2.31. The quantitative estimate of drug-likeness (QED) is 0.726. The van der Waals surface area contributed by atoms with E-state index in [2.05, 4.69) is 31.9 Å². The Morgan fingerprint density at radius 3 is 2.38 bits per heavy atom. The SMILES string of the molecule is CCC(N)C(Oc1ccc(F)c(Br)c1)c1ccc(Br)cc1. The Hall–Kier alpha value is -0.910. The van der Waals surface area contributed by atoms with E-state index in [1.54, 1.807) is 12.1 Å². The summed E-state index contributed by atoms with van der Waals surface area (Å²) in [6.07, 6.45) is 0.503. The molecule has 0 aliphatic carbocycles. The van der Waals surface area contributed by atoms with Crippen LogP contribution in [0.2, 0.25) is 0 Å². The molecule has 0 bridgehead atoms. The van der Waals surface area contributed by atoms with Crippen LogP contribution in [0, 0.1) is 5.82 Å². The molecule has 0 saturated carbocycles. The zero-order valence-corrected chi connectivity index (χ0v) is 14.7. The van der Waals surface area contributed by atoms with Crippen molar-refractivity contribution in [2.24, 2.45) is 5.73 Å². The number of benzene rings is 2. The van der Waals surface area contributed by atoms with Crippen LogP contribution < -0.4 is 10.5 Å². The minimum Gasteiger partial charge on any atom is -0.484 e. The molecule has 5 heteroatoms. The molecule has 2 atom stereocenters. The van der Waals surface area contributed by atoms with Gasteiger partial charge in [0.2, 0.25) is 0 Å². The summed E-state index contributed by atoms with van der Waals surface area (Å²) < 4.78 is 20.7. The predicted octanol–water partition coefficient (Wildman–Crippen LogP) is 5.21. The third kappa shape index (κ3) is 4.28. The third-order valence-corrected chi connectivity index (χ3v) is 4.35. The van der Waals surface area contributed by atoms with Gasteiger partial charge in [-0.25, -0.2) is 4.39 Å². The van der Waals surface area contributed by atoms with E-state index in [0.717, 1.165) is 16.5 Å². The van der Waals surface area contributed by atoms with Gasteiger partial charge in [-0.2, -0.15) is 0 Å². The van der Waals surface area contributed by atoms with Crippen LogP contribution in [0.5, 0.6) is 5.75 Å². The van der Waals surface area contributed by atoms with Crippen molar-refractivity contribution in [3.05, 3.63) is 62.8 Å². The normalized spacial score (nSPS) is 13.8. The molecule has 2 unspecified atom stereocenters. The smallest absolute Gasteiger partial charge is 0.139 e. The zero-order chi connectivity index (χ0) is 15.4. The Balaban J connectivity index is 2.28. The number of halogens is 3. The van der Waals surface area contributed by atoms with Gasteiger partial charge in [0.1, 0.15) is 17.7 Å². The molecule has 2 N–H and O–H groups in total. The molecule has 2 nitrogen and oxygen atoms in total. The summed E-state index contributed by atoms with van der Waals surface area (Å²) in [5.74, 6) is 0.266. The molecule has 2 aromatic rings. The summed E-state index contributed by atoms with van der Waals surface area (Å²) in [4.78, 5) is 0. The number of rotatable bonds is 5. The van der Waals surface area contributed by atoms with Gasteiger partial charge in [-0.05, 0) is 58.2 Å². The molecule has 0 aromatic heterocycles. The molecule has 0 radical (unpaired) electrons. The molecule has 0 aliphatic heterocycles. The molecule has 2 aromatic carbocycles. The van der Waals surface area contributed by atoms with Crippen molar-refractivity contribution in [2.75, 3.05) is 0 Å². The van der Waals surface area contributed by atoms with Crippen LogP contribution in [-0.4, -0.2) is 6.04 Å². The maximum Gasteiger partial charge on any atom is 0.139 e. The predicted molar refractivity (Wildman–Crippen MR) is 89.9 cm³/mol. The summed E-state index contributed by atoms with van der Waals surface area (Å²) >= 11 is 6.58. The van der Waals surface area contributed by atoms with Gasteiger partial charge >= 0.3 is 0 Å². The number of hydrogen-bond acceptors (Lipinski definition) is 2. The lowest BCUT2D eigenvalue weighted by Gasteiger charge is -2.25. The van der Waals surface area contributed by atoms with Gasteiger partial charge in [-0.15, -0.1) is 0 Å². The Morgan fingerprint density at radius 2 is 1.81 bits per heavy atom. The molecule has 0 saturated heterocycles. The van der Waals surface area contributed by atoms with Crippen LogP contribution in [0.3, 0.4) is 0 Å². The van der Waals surface area contributed by atoms with Gasteiger partial charge < -0.3 is 10.5 Å². The molecule has 0 heterocycles. The molecular formula is C16H16Br2FNO. The van der Waals surface area contributed by atoms with Gasteiger partial charge in [0.05, 0.1) is 4.47 Å². The van der Waals surface area contributed by atoms with Crippen molar-refractivity contribution in [1.82, 2.24) is 0 Å². The van der Waals surface area contributed by atoms with Crippen molar-refractivity contribution in [3.63, 3.8) is 0 Å². The largest absolute Gasteiger partial charge is 0.484 e. The highest BCUT2D eigenvalue weighted by atomic mass is 79.9. The first-order valence-electron chi connectivity index (χ1n) is 6.64. The topological polar surface area (TPSA) is 35.2 Å². The van der Waals surface area contributed by atoms with Crippen molar-refractivity contribution in [1.29, 1.82) is 0 Å². The van der Waals surface area contributed by atoms with Crippen LogP contribution in [0.25, 0.3) is 0 Å². The van der Waals surface area contributed by atoms with Crippen molar-refractivity contribution in [3.8, 4) is 5.75 Å². The van der Waals surface area contributed by atoms with Gasteiger partial charge in [-0.1, -0.05) is 35.0 Å². The molecule has 21 heavy (non-hydrogen) atoms. The first-order chi connectivity index (χ1) is 10.0. The highest BCUT2D eigenvalue weighted by molar-refractivity contribution is 9.10. The van der Waals surface area contributed by atoms with Crippen LogP contribution in [0.1, 0.15) is 25.0 Å². The molecular weight excluding hydrogens is 401 g/mol. The molecule has 112 valence electrons. The second-order valence-corrected chi connectivity index (χ2v) is 6.51. The first kappa shape index (κ1) is 16.5. The average Bonchev–Trinajstić information content (AvgIpc) is 2.48. The van der Waals surface area contributed by atoms with E-state index >= 15 is 0 Å². The Labute approximate surface area is 140 Å². The summed E-state index contributed by atoms with van der Waals surface area (Å²) in [6.45, 7) is 2.01. The number of ether oxygens (including phenoxy) is 1. The van der Waals surface area contributed by atoms with Gasteiger partial charge in [0, 0.05) is 10.5 Å². The average molecular weight is 417 g/mol. The fourth-order valence-electron chi connectivity index (χ4n) is 1.97. The van der Waals surface area contributed by atoms with Crippen molar-refractivity contribution < 1.29 is 9.13 Å². The third-order valence-electron chi connectivity index (χ3n) is 3.21. The molecule has 2 rings (SSSR count). The van der Waals surface area contributed by atoms with E-state index in [0.29, 0.717) is 10.2 Å². The molecule has 0 spiro atoms. The first-order valence-corrected chi connectivity index (χ1v) is 8.22. The summed E-state index contributed by atoms with van der Waals surface area (Å²) in [5, 5.41) is 0. The minimum atomic E-state index is -0.317. The highest BCUT2D eigenvalue weighted by Gasteiger charge is 2.21. The van der Waals surface area contributed by atoms with E-state index in [1.807, 2.05) is 31.2 Å². The van der Waals surface area contributed by atoms with E-state index < -0.39 is 0 Å². The number of hydrogen-bond donors (Lipinski definition) is 1. The Kier molecular flexibility index (Phi) is 5.79. The van der Waals surface area contributed by atoms with Crippen molar-refractivity contribution in [2.45, 2.75) is 25.5 Å². The fourth-order valence-corrected chi connectivity index (χ4v) is 2.59. The summed E-state index contributed by atoms with van der Waals surface area (Å²) in [5.41, 5.74) is 7.17. The second-order valence-electron chi connectivity index (χ2n) is 4.74. The second kappa shape index (κ2) is 7.38. The maximum absolute atomic E-state index is 13.3. The van der Waals surface area contributed by atoms with E-state index in [4.69, 9.17) is 10.5 Å². The van der Waals surface area contributed by atoms with E-state index in [9.17, 15) is 4.39 Å². The van der Waals surface area contributed by atoms with Crippen LogP contribution in [-0.2, 0) is 0 Å². The molecule has 0 aliphatic rings. The molecule has 0 amide bonds. The van der Waals surface area contributed by atoms with Crippen molar-refractivity contribution >= 4 is 31.9 Å². The lowest BCUT2D eigenvalue weighted by atomic mass is 10.0. The lowest BCUT2D eigenvalue weighted by molar-refractivity contribution is 0.170. The van der Waals surface area contributed by atoms with Crippen LogP contribution >= 0.6 is 31.9 Å². The van der Waals surface area contributed by atoms with Crippen LogP contribution in [0.4, 0.5) is 4.39 Å². The van der Waals surface area contributed by atoms with E-state index in [1.165, 1.54) is 6.07 Å². The summed E-state index contributed by atoms with van der Waals surface area (Å²) in [7, 11) is 0. The van der Waals surface area contributed by atoms with Crippen LogP contribution in [0.15, 0.2) is 51.4 Å².